The van der Waals surface area contributed by atoms with E-state index >= 15 is 0 Å². The maximum Gasteiger partial charge on any atom is 0.324 e. The average molecular weight is 389 g/mol. The topological polar surface area (TPSA) is 127 Å². The van der Waals surface area contributed by atoms with E-state index in [9.17, 15) is 4.89 Å². The van der Waals surface area contributed by atoms with E-state index in [4.69, 9.17) is 36.1 Å². The van der Waals surface area contributed by atoms with Gasteiger partial charge in [-0.05, 0) is 18.2 Å². The third kappa shape index (κ3) is 3.54. The van der Waals surface area contributed by atoms with Gasteiger partial charge in [-0.25, -0.2) is 9.97 Å². The summed E-state index contributed by atoms with van der Waals surface area (Å²) in [7, 11) is 2.84. The van der Waals surface area contributed by atoms with E-state index in [0.717, 1.165) is 0 Å². The lowest BCUT2D eigenvalue weighted by Crippen LogP contribution is -2.35. The Balaban J connectivity index is 1.98. The Labute approximate surface area is 149 Å². The second kappa shape index (κ2) is 7.20. The molecule has 1 fully saturated rings. The summed E-state index contributed by atoms with van der Waals surface area (Å²) < 4.78 is 23.9. The van der Waals surface area contributed by atoms with Crippen molar-refractivity contribution in [2.45, 2.75) is 37.9 Å². The van der Waals surface area contributed by atoms with Crippen molar-refractivity contribution < 1.29 is 23.4 Å². The van der Waals surface area contributed by atoms with Gasteiger partial charge in [0.2, 0.25) is 5.95 Å². The van der Waals surface area contributed by atoms with E-state index < -0.39 is 25.2 Å². The Kier molecular flexibility index (Phi) is 5.35. The van der Waals surface area contributed by atoms with Gasteiger partial charge in [0.25, 0.3) is 0 Å². The van der Waals surface area contributed by atoms with Gasteiger partial charge in [-0.15, -0.1) is 0 Å². The largest absolute Gasteiger partial charge is 0.374 e. The van der Waals surface area contributed by atoms with Crippen molar-refractivity contribution >= 4 is 35.6 Å². The summed E-state index contributed by atoms with van der Waals surface area (Å²) in [5.74, 6) is 0.131. The molecule has 1 aliphatic rings. The van der Waals surface area contributed by atoms with Crippen LogP contribution in [0.4, 0.5) is 5.95 Å². The number of fused-ring (bicyclic) bond motifs is 1. The number of aromatic nitrogens is 4. The molecule has 3 rings (SSSR count). The molecule has 0 bridgehead atoms. The van der Waals surface area contributed by atoms with E-state index in [0.29, 0.717) is 17.6 Å². The number of rotatable bonds is 6. The Morgan fingerprint density at radius 1 is 1.40 bits per heavy atom. The summed E-state index contributed by atoms with van der Waals surface area (Å²) in [6, 6.07) is 0. The minimum Gasteiger partial charge on any atom is -0.374 e. The van der Waals surface area contributed by atoms with Crippen LogP contribution in [0.15, 0.2) is 12.5 Å². The van der Waals surface area contributed by atoms with Crippen LogP contribution in [0.25, 0.3) is 11.2 Å². The molecule has 1 saturated heterocycles. The van der Waals surface area contributed by atoms with E-state index in [1.165, 1.54) is 20.4 Å². The first-order valence-electron chi connectivity index (χ1n) is 7.60. The lowest BCUT2D eigenvalue weighted by atomic mass is 10.1. The third-order valence-corrected chi connectivity index (χ3v) is 5.73. The molecular formula is C13H20N5O5PS. The van der Waals surface area contributed by atoms with Crippen molar-refractivity contribution in [3.05, 3.63) is 12.5 Å². The summed E-state index contributed by atoms with van der Waals surface area (Å²) in [5.41, 5.74) is 6.78. The molecule has 2 aromatic rings. The molecule has 138 valence electrons. The molecule has 0 spiro atoms. The van der Waals surface area contributed by atoms with E-state index in [1.54, 1.807) is 10.9 Å². The van der Waals surface area contributed by atoms with Gasteiger partial charge in [0.1, 0.15) is 17.7 Å². The van der Waals surface area contributed by atoms with Gasteiger partial charge in [0.05, 0.1) is 18.6 Å². The fraction of sp³-hybridized carbons (Fsp3) is 0.615. The Morgan fingerprint density at radius 3 is 2.80 bits per heavy atom. The second-order valence-corrected chi connectivity index (χ2v) is 8.38. The summed E-state index contributed by atoms with van der Waals surface area (Å²) >= 11 is 4.97. The molecule has 3 heterocycles. The third-order valence-electron chi connectivity index (χ3n) is 4.05. The van der Waals surface area contributed by atoms with Crippen LogP contribution in [0.1, 0.15) is 19.6 Å². The lowest BCUT2D eigenvalue weighted by molar-refractivity contribution is -0.0494. The predicted octanol–water partition coefficient (Wildman–Crippen LogP) is 0.979. The second-order valence-electron chi connectivity index (χ2n) is 5.48. The number of hydrogen-bond acceptors (Lipinski definition) is 9. The zero-order valence-corrected chi connectivity index (χ0v) is 15.7. The highest BCUT2D eigenvalue weighted by Gasteiger charge is 2.48. The first kappa shape index (κ1) is 18.6. The predicted molar refractivity (Wildman–Crippen MR) is 93.1 cm³/mol. The van der Waals surface area contributed by atoms with Crippen LogP contribution in [0.2, 0.25) is 0 Å². The van der Waals surface area contributed by atoms with Crippen LogP contribution in [-0.4, -0.2) is 56.9 Å². The van der Waals surface area contributed by atoms with Crippen LogP contribution in [0.3, 0.4) is 0 Å². The van der Waals surface area contributed by atoms with Crippen LogP contribution in [-0.2, 0) is 30.3 Å². The summed E-state index contributed by atoms with van der Waals surface area (Å²) in [4.78, 5) is 22.5. The van der Waals surface area contributed by atoms with Crippen LogP contribution < -0.4 is 5.73 Å². The summed E-state index contributed by atoms with van der Waals surface area (Å²) in [6.07, 6.45) is 1.66. The maximum absolute atomic E-state index is 10.0. The first-order valence-corrected chi connectivity index (χ1v) is 10.2. The maximum atomic E-state index is 10.0. The smallest absolute Gasteiger partial charge is 0.324 e. The van der Waals surface area contributed by atoms with Crippen molar-refractivity contribution in [1.82, 2.24) is 19.5 Å². The number of hydrogen-bond donors (Lipinski definition) is 2. The quantitative estimate of drug-likeness (QED) is 0.690. The Hall–Kier alpha value is -1.20. The minimum atomic E-state index is -3.38. The average Bonchev–Trinajstić information content (AvgIpc) is 3.14. The highest BCUT2D eigenvalue weighted by molar-refractivity contribution is 8.07. The molecule has 2 aromatic heterocycles. The lowest BCUT2D eigenvalue weighted by Gasteiger charge is -2.26. The van der Waals surface area contributed by atoms with Gasteiger partial charge < -0.3 is 24.6 Å². The number of ether oxygens (including phenoxy) is 2. The standard InChI is InChI=1S/C13H20N5O5PS/c1-4-8-9(23-24(19,25)21-3)10(20-2)12(22-8)18-6-16-7-5-15-13(14)17-11(7)18/h5-6,8-10,12H,4H2,1-3H3,(H,19,25)(H2,14,15,17)/t8-,9+,10+,12-,24?/m1/s1. The van der Waals surface area contributed by atoms with Crippen molar-refractivity contribution in [2.75, 3.05) is 20.0 Å². The van der Waals surface area contributed by atoms with Crippen molar-refractivity contribution in [2.24, 2.45) is 0 Å². The number of methoxy groups -OCH3 is 1. The van der Waals surface area contributed by atoms with Gasteiger partial charge in [-0.3, -0.25) is 9.09 Å². The number of anilines is 1. The molecule has 0 aromatic carbocycles. The number of imidazole rings is 1. The molecule has 1 unspecified atom stereocenters. The fourth-order valence-electron chi connectivity index (χ4n) is 2.86. The number of nitrogen functional groups attached to an aromatic ring is 1. The normalized spacial score (nSPS) is 29.1. The van der Waals surface area contributed by atoms with Gasteiger partial charge in [-0.2, -0.15) is 4.98 Å². The molecule has 5 atom stereocenters. The zero-order chi connectivity index (χ0) is 18.2. The SMILES string of the molecule is CC[C@H]1O[C@@H](n2cnc3cnc(N)nc32)[C@@H](OC)[C@H]1OP(O)(=S)OC. The molecule has 1 aliphatic heterocycles. The van der Waals surface area contributed by atoms with Gasteiger partial charge in [0.15, 0.2) is 11.9 Å². The molecule has 0 amide bonds. The Bertz CT molecular complexity index is 804. The van der Waals surface area contributed by atoms with Gasteiger partial charge in [0, 0.05) is 14.2 Å². The molecule has 10 nitrogen and oxygen atoms in total. The van der Waals surface area contributed by atoms with E-state index in [-0.39, 0.29) is 12.1 Å². The molecule has 3 N–H and O–H groups in total. The number of nitrogens with two attached hydrogens (primary N) is 1. The van der Waals surface area contributed by atoms with Crippen LogP contribution >= 0.6 is 6.72 Å². The van der Waals surface area contributed by atoms with Crippen molar-refractivity contribution in [3.63, 3.8) is 0 Å². The summed E-state index contributed by atoms with van der Waals surface area (Å²) in [6.45, 7) is -1.44. The van der Waals surface area contributed by atoms with Crippen molar-refractivity contribution in [3.8, 4) is 0 Å². The number of nitrogens with zero attached hydrogens (tertiary/aromatic N) is 4. The fourth-order valence-corrected chi connectivity index (χ4v) is 3.81. The first-order chi connectivity index (χ1) is 11.9. The van der Waals surface area contributed by atoms with E-state index in [1.807, 2.05) is 6.92 Å². The molecule has 0 radical (unpaired) electrons. The van der Waals surface area contributed by atoms with Crippen molar-refractivity contribution in [1.29, 1.82) is 0 Å². The van der Waals surface area contributed by atoms with E-state index in [2.05, 4.69) is 15.0 Å². The zero-order valence-electron chi connectivity index (χ0n) is 14.0. The molecule has 12 heteroatoms. The highest BCUT2D eigenvalue weighted by Crippen LogP contribution is 2.49. The van der Waals surface area contributed by atoms with Gasteiger partial charge >= 0.3 is 6.72 Å². The highest BCUT2D eigenvalue weighted by atomic mass is 32.5. The molecule has 0 saturated carbocycles. The molecule has 25 heavy (non-hydrogen) atoms. The van der Waals surface area contributed by atoms with Crippen LogP contribution in [0.5, 0.6) is 0 Å². The van der Waals surface area contributed by atoms with Crippen LogP contribution in [0, 0.1) is 0 Å². The monoisotopic (exact) mass is 389 g/mol. The Morgan fingerprint density at radius 2 is 2.16 bits per heavy atom. The van der Waals surface area contributed by atoms with Gasteiger partial charge in [-0.1, -0.05) is 6.92 Å². The molecular weight excluding hydrogens is 369 g/mol. The summed E-state index contributed by atoms with van der Waals surface area (Å²) in [5, 5.41) is 0. The molecule has 0 aliphatic carbocycles. The minimum absolute atomic E-state index is 0.131.